The molecule has 33 heavy (non-hydrogen) atoms. The molecule has 2 saturated heterocycles. The van der Waals surface area contributed by atoms with E-state index in [1.807, 2.05) is 53.1 Å². The Morgan fingerprint density at radius 1 is 1.06 bits per heavy atom. The Hall–Kier alpha value is -3.42. The molecule has 8 heteroatoms. The van der Waals surface area contributed by atoms with Gasteiger partial charge >= 0.3 is 0 Å². The highest BCUT2D eigenvalue weighted by Crippen LogP contribution is 2.34. The second kappa shape index (κ2) is 8.84. The molecule has 0 spiro atoms. The third kappa shape index (κ3) is 4.05. The first-order valence-electron chi connectivity index (χ1n) is 11.7. The number of hydrogen-bond donors (Lipinski definition) is 0. The fourth-order valence-electron chi connectivity index (χ4n) is 5.08. The van der Waals surface area contributed by atoms with Gasteiger partial charge in [0.25, 0.3) is 0 Å². The first-order chi connectivity index (χ1) is 16.0. The molecular formula is C25H29N5O3. The molecule has 0 aliphatic carbocycles. The maximum Gasteiger partial charge on any atom is 0.228 e. The Labute approximate surface area is 193 Å². The summed E-state index contributed by atoms with van der Waals surface area (Å²) in [4.78, 5) is 50.2. The van der Waals surface area contributed by atoms with Crippen molar-refractivity contribution >= 4 is 34.9 Å². The molecule has 0 bridgehead atoms. The van der Waals surface area contributed by atoms with E-state index in [1.54, 1.807) is 11.1 Å². The van der Waals surface area contributed by atoms with E-state index in [2.05, 4.69) is 9.88 Å². The monoisotopic (exact) mass is 447 g/mol. The molecule has 0 N–H and O–H groups in total. The van der Waals surface area contributed by atoms with Crippen LogP contribution >= 0.6 is 0 Å². The van der Waals surface area contributed by atoms with E-state index >= 15 is 0 Å². The van der Waals surface area contributed by atoms with Crippen LogP contribution in [-0.2, 0) is 20.8 Å². The van der Waals surface area contributed by atoms with Crippen molar-refractivity contribution in [2.75, 3.05) is 54.0 Å². The number of amides is 3. The van der Waals surface area contributed by atoms with Crippen LogP contribution in [0.15, 0.2) is 42.6 Å². The third-order valence-electron chi connectivity index (χ3n) is 6.91. The molecule has 2 fully saturated rings. The molecule has 4 heterocycles. The van der Waals surface area contributed by atoms with Crippen molar-refractivity contribution in [1.82, 2.24) is 9.88 Å². The lowest BCUT2D eigenvalue weighted by Crippen LogP contribution is -2.51. The second-order valence-corrected chi connectivity index (χ2v) is 8.87. The smallest absolute Gasteiger partial charge is 0.228 e. The maximum absolute atomic E-state index is 13.2. The zero-order valence-electron chi connectivity index (χ0n) is 18.9. The number of anilines is 3. The Kier molecular flexibility index (Phi) is 5.74. The van der Waals surface area contributed by atoms with Gasteiger partial charge in [0, 0.05) is 69.7 Å². The molecule has 0 unspecified atom stereocenters. The van der Waals surface area contributed by atoms with Gasteiger partial charge in [-0.3, -0.25) is 14.4 Å². The highest BCUT2D eigenvalue weighted by Gasteiger charge is 2.38. The van der Waals surface area contributed by atoms with Crippen LogP contribution in [0.25, 0.3) is 0 Å². The normalized spacial score (nSPS) is 20.4. The summed E-state index contributed by atoms with van der Waals surface area (Å²) in [6, 6.07) is 11.7. The van der Waals surface area contributed by atoms with Crippen LogP contribution in [0.2, 0.25) is 0 Å². The number of fused-ring (bicyclic) bond motifs is 1. The number of benzene rings is 1. The summed E-state index contributed by atoms with van der Waals surface area (Å²) in [5.41, 5.74) is 2.85. The van der Waals surface area contributed by atoms with Crippen molar-refractivity contribution in [1.29, 1.82) is 0 Å². The van der Waals surface area contributed by atoms with Gasteiger partial charge in [0.15, 0.2) is 0 Å². The van der Waals surface area contributed by atoms with Crippen LogP contribution < -0.4 is 14.7 Å². The SMILES string of the molecule is CCC(=O)N1CCc2cc(N3C[C@@H](C(=O)N4CCN(c5ccccn5)CC4)CC3=O)ccc21. The summed E-state index contributed by atoms with van der Waals surface area (Å²) in [7, 11) is 0. The lowest BCUT2D eigenvalue weighted by Gasteiger charge is -2.36. The molecule has 172 valence electrons. The minimum Gasteiger partial charge on any atom is -0.353 e. The maximum atomic E-state index is 13.2. The van der Waals surface area contributed by atoms with Crippen molar-refractivity contribution in [2.24, 2.45) is 5.92 Å². The molecule has 3 aliphatic rings. The van der Waals surface area contributed by atoms with Crippen LogP contribution in [-0.4, -0.2) is 66.9 Å². The van der Waals surface area contributed by atoms with Crippen LogP contribution in [0.1, 0.15) is 25.3 Å². The number of aromatic nitrogens is 1. The number of pyridine rings is 1. The molecule has 1 aromatic carbocycles. The van der Waals surface area contributed by atoms with E-state index in [4.69, 9.17) is 0 Å². The zero-order valence-corrected chi connectivity index (χ0v) is 18.9. The molecule has 3 aliphatic heterocycles. The zero-order chi connectivity index (χ0) is 22.9. The Morgan fingerprint density at radius 2 is 1.88 bits per heavy atom. The summed E-state index contributed by atoms with van der Waals surface area (Å²) in [6.45, 7) is 5.73. The van der Waals surface area contributed by atoms with Crippen LogP contribution in [0, 0.1) is 5.92 Å². The number of hydrogen-bond acceptors (Lipinski definition) is 5. The Morgan fingerprint density at radius 3 is 2.61 bits per heavy atom. The van der Waals surface area contributed by atoms with Crippen molar-refractivity contribution in [3.8, 4) is 0 Å². The quantitative estimate of drug-likeness (QED) is 0.717. The number of carbonyl (C=O) groups is 3. The van der Waals surface area contributed by atoms with E-state index in [0.717, 1.165) is 42.3 Å². The molecule has 3 amide bonds. The number of rotatable bonds is 4. The van der Waals surface area contributed by atoms with Gasteiger partial charge in [-0.05, 0) is 42.3 Å². The van der Waals surface area contributed by atoms with Gasteiger partial charge in [-0.1, -0.05) is 13.0 Å². The van der Waals surface area contributed by atoms with Crippen molar-refractivity contribution in [2.45, 2.75) is 26.2 Å². The van der Waals surface area contributed by atoms with Crippen LogP contribution in [0.4, 0.5) is 17.2 Å². The second-order valence-electron chi connectivity index (χ2n) is 8.87. The standard InChI is InChI=1S/C25H29N5O3/c1-2-23(31)29-10-8-18-15-20(6-7-21(18)29)30-17-19(16-24(30)32)25(33)28-13-11-27(12-14-28)22-5-3-4-9-26-22/h3-7,9,15,19H,2,8,10-14,16-17H2,1H3/t19-/m0/s1. The fourth-order valence-corrected chi connectivity index (χ4v) is 5.08. The molecule has 8 nitrogen and oxygen atoms in total. The molecule has 0 saturated carbocycles. The lowest BCUT2D eigenvalue weighted by atomic mass is 10.1. The minimum atomic E-state index is -0.315. The first kappa shape index (κ1) is 21.4. The molecule has 5 rings (SSSR count). The molecule has 1 aromatic heterocycles. The molecule has 2 aromatic rings. The highest BCUT2D eigenvalue weighted by molar-refractivity contribution is 6.01. The number of nitrogens with zero attached hydrogens (tertiary/aromatic N) is 5. The summed E-state index contributed by atoms with van der Waals surface area (Å²) >= 11 is 0. The van der Waals surface area contributed by atoms with E-state index in [1.165, 1.54) is 0 Å². The van der Waals surface area contributed by atoms with E-state index < -0.39 is 0 Å². The largest absolute Gasteiger partial charge is 0.353 e. The Bertz CT molecular complexity index is 1060. The van der Waals surface area contributed by atoms with E-state index in [0.29, 0.717) is 32.6 Å². The summed E-state index contributed by atoms with van der Waals surface area (Å²) in [6.07, 6.45) is 3.30. The van der Waals surface area contributed by atoms with E-state index in [9.17, 15) is 14.4 Å². The summed E-state index contributed by atoms with van der Waals surface area (Å²) < 4.78 is 0. The Balaban J connectivity index is 1.22. The van der Waals surface area contributed by atoms with E-state index in [-0.39, 0.29) is 30.1 Å². The van der Waals surface area contributed by atoms with Gasteiger partial charge < -0.3 is 19.6 Å². The van der Waals surface area contributed by atoms with Gasteiger partial charge in [0.1, 0.15) is 5.82 Å². The molecule has 0 radical (unpaired) electrons. The molecular weight excluding hydrogens is 418 g/mol. The fraction of sp³-hybridized carbons (Fsp3) is 0.440. The third-order valence-corrected chi connectivity index (χ3v) is 6.91. The van der Waals surface area contributed by atoms with Crippen LogP contribution in [0.3, 0.4) is 0 Å². The summed E-state index contributed by atoms with van der Waals surface area (Å²) in [5.74, 6) is 0.785. The van der Waals surface area contributed by atoms with Crippen molar-refractivity contribution in [3.63, 3.8) is 0 Å². The van der Waals surface area contributed by atoms with Crippen molar-refractivity contribution < 1.29 is 14.4 Å². The average Bonchev–Trinajstić information content (AvgIpc) is 3.47. The predicted octanol–water partition coefficient (Wildman–Crippen LogP) is 2.08. The van der Waals surface area contributed by atoms with Crippen molar-refractivity contribution in [3.05, 3.63) is 48.2 Å². The topological polar surface area (TPSA) is 77.1 Å². The minimum absolute atomic E-state index is 0.0140. The first-order valence-corrected chi connectivity index (χ1v) is 11.7. The van der Waals surface area contributed by atoms with Gasteiger partial charge in [0.2, 0.25) is 17.7 Å². The predicted molar refractivity (Wildman–Crippen MR) is 126 cm³/mol. The van der Waals surface area contributed by atoms with Gasteiger partial charge in [-0.2, -0.15) is 0 Å². The van der Waals surface area contributed by atoms with Gasteiger partial charge in [0.05, 0.1) is 5.92 Å². The van der Waals surface area contributed by atoms with Crippen LogP contribution in [0.5, 0.6) is 0 Å². The molecule has 1 atom stereocenters. The van der Waals surface area contributed by atoms with Gasteiger partial charge in [-0.15, -0.1) is 0 Å². The number of piperazine rings is 1. The van der Waals surface area contributed by atoms with Gasteiger partial charge in [-0.25, -0.2) is 4.98 Å². The number of carbonyl (C=O) groups excluding carboxylic acids is 3. The lowest BCUT2D eigenvalue weighted by molar-refractivity contribution is -0.136. The summed E-state index contributed by atoms with van der Waals surface area (Å²) in [5, 5.41) is 0. The average molecular weight is 448 g/mol. The highest BCUT2D eigenvalue weighted by atomic mass is 16.2.